The highest BCUT2D eigenvalue weighted by Crippen LogP contribution is 2.44. The fourth-order valence-electron chi connectivity index (χ4n) is 3.85. The van der Waals surface area contributed by atoms with E-state index in [1.54, 1.807) is 6.07 Å². The molecule has 0 radical (unpaired) electrons. The zero-order valence-electron chi connectivity index (χ0n) is 12.4. The number of hydrogen-bond acceptors (Lipinski definition) is 2. The van der Waals surface area contributed by atoms with Crippen LogP contribution in [0.25, 0.3) is 0 Å². The third-order valence-corrected chi connectivity index (χ3v) is 5.99. The van der Waals surface area contributed by atoms with Crippen molar-refractivity contribution in [1.29, 1.82) is 0 Å². The third-order valence-electron chi connectivity index (χ3n) is 5.27. The molecule has 1 aliphatic heterocycles. The predicted molar refractivity (Wildman–Crippen MR) is 89.2 cm³/mol. The molecule has 3 rings (SSSR count). The molecule has 0 bridgehead atoms. The van der Waals surface area contributed by atoms with Gasteiger partial charge in [-0.05, 0) is 65.2 Å². The van der Waals surface area contributed by atoms with Gasteiger partial charge in [0.25, 0.3) is 5.91 Å². The lowest BCUT2D eigenvalue weighted by atomic mass is 9.68. The summed E-state index contributed by atoms with van der Waals surface area (Å²) in [5, 5.41) is 0. The van der Waals surface area contributed by atoms with Crippen molar-refractivity contribution in [3.63, 3.8) is 0 Å². The Morgan fingerprint density at radius 1 is 1.10 bits per heavy atom. The third kappa shape index (κ3) is 3.10. The van der Waals surface area contributed by atoms with Gasteiger partial charge in [0.05, 0.1) is 0 Å². The normalized spacial score (nSPS) is 21.5. The van der Waals surface area contributed by atoms with Gasteiger partial charge >= 0.3 is 0 Å². The minimum Gasteiger partial charge on any atom is -0.398 e. The average molecular weight is 351 g/mol. The number of nitrogens with two attached hydrogens (primary N) is 1. The van der Waals surface area contributed by atoms with Crippen LogP contribution in [0.15, 0.2) is 22.7 Å². The number of rotatable bonds is 1. The Bertz CT molecular complexity index is 528. The number of halogens is 1. The fourth-order valence-corrected chi connectivity index (χ4v) is 4.09. The van der Waals surface area contributed by atoms with Crippen LogP contribution in [0.3, 0.4) is 0 Å². The number of nitrogen functional groups attached to an aromatic ring is 1. The van der Waals surface area contributed by atoms with Crippen LogP contribution in [-0.2, 0) is 0 Å². The Morgan fingerprint density at radius 3 is 2.38 bits per heavy atom. The molecule has 4 heteroatoms. The molecule has 3 nitrogen and oxygen atoms in total. The lowest BCUT2D eigenvalue weighted by Gasteiger charge is -2.44. The Kier molecular flexibility index (Phi) is 4.25. The first-order valence-corrected chi connectivity index (χ1v) is 8.73. The van der Waals surface area contributed by atoms with Crippen LogP contribution in [0, 0.1) is 5.41 Å². The van der Waals surface area contributed by atoms with E-state index in [1.165, 1.54) is 44.9 Å². The maximum Gasteiger partial charge on any atom is 0.253 e. The molecular formula is C17H23BrN2O. The molecular weight excluding hydrogens is 328 g/mol. The zero-order valence-corrected chi connectivity index (χ0v) is 14.0. The molecule has 1 saturated carbocycles. The highest BCUT2D eigenvalue weighted by Gasteiger charge is 2.36. The van der Waals surface area contributed by atoms with Gasteiger partial charge in [-0.25, -0.2) is 0 Å². The lowest BCUT2D eigenvalue weighted by Crippen LogP contribution is -2.43. The molecule has 1 heterocycles. The van der Waals surface area contributed by atoms with Crippen molar-refractivity contribution in [1.82, 2.24) is 4.90 Å². The minimum absolute atomic E-state index is 0.125. The second-order valence-corrected chi connectivity index (χ2v) is 7.44. The summed E-state index contributed by atoms with van der Waals surface area (Å²) < 4.78 is 0.846. The van der Waals surface area contributed by atoms with Gasteiger partial charge in [-0.3, -0.25) is 4.79 Å². The highest BCUT2D eigenvalue weighted by atomic mass is 79.9. The van der Waals surface area contributed by atoms with E-state index in [9.17, 15) is 4.79 Å². The van der Waals surface area contributed by atoms with Crippen molar-refractivity contribution in [2.75, 3.05) is 18.8 Å². The molecule has 0 atom stereocenters. The molecule has 0 aromatic heterocycles. The van der Waals surface area contributed by atoms with E-state index in [0.717, 1.165) is 17.6 Å². The van der Waals surface area contributed by atoms with Gasteiger partial charge < -0.3 is 10.6 Å². The number of anilines is 1. The Labute approximate surface area is 135 Å². The molecule has 1 saturated heterocycles. The van der Waals surface area contributed by atoms with Crippen molar-refractivity contribution in [2.24, 2.45) is 5.41 Å². The maximum absolute atomic E-state index is 12.6. The fraction of sp³-hybridized carbons (Fsp3) is 0.588. The number of benzene rings is 1. The van der Waals surface area contributed by atoms with Crippen LogP contribution >= 0.6 is 15.9 Å². The Hall–Kier alpha value is -1.03. The predicted octanol–water partition coefficient (Wildman–Crippen LogP) is 4.22. The molecule has 2 aliphatic rings. The smallest absolute Gasteiger partial charge is 0.253 e. The number of piperidine rings is 1. The number of hydrogen-bond donors (Lipinski definition) is 1. The SMILES string of the molecule is Nc1cc(C(=O)N2CCC3(CCCCC3)CC2)ccc1Br. The van der Waals surface area contributed by atoms with Crippen molar-refractivity contribution in [2.45, 2.75) is 44.9 Å². The minimum atomic E-state index is 0.125. The average Bonchev–Trinajstić information content (AvgIpc) is 2.51. The molecule has 2 N–H and O–H groups in total. The van der Waals surface area contributed by atoms with Gasteiger partial charge in [0.1, 0.15) is 0 Å². The van der Waals surface area contributed by atoms with Gasteiger partial charge in [0.2, 0.25) is 0 Å². The van der Waals surface area contributed by atoms with Gasteiger partial charge in [0.15, 0.2) is 0 Å². The van der Waals surface area contributed by atoms with Gasteiger partial charge in [-0.15, -0.1) is 0 Å². The molecule has 1 aliphatic carbocycles. The molecule has 0 unspecified atom stereocenters. The van der Waals surface area contributed by atoms with E-state index in [2.05, 4.69) is 15.9 Å². The molecule has 1 amide bonds. The van der Waals surface area contributed by atoms with Crippen LogP contribution in [0.4, 0.5) is 5.69 Å². The first-order chi connectivity index (χ1) is 10.1. The summed E-state index contributed by atoms with van der Waals surface area (Å²) in [5.41, 5.74) is 7.75. The van der Waals surface area contributed by atoms with Crippen molar-refractivity contribution < 1.29 is 4.79 Å². The monoisotopic (exact) mass is 350 g/mol. The topological polar surface area (TPSA) is 46.3 Å². The van der Waals surface area contributed by atoms with Gasteiger partial charge in [0, 0.05) is 28.8 Å². The molecule has 1 aromatic carbocycles. The van der Waals surface area contributed by atoms with Crippen LogP contribution < -0.4 is 5.73 Å². The quantitative estimate of drug-likeness (QED) is 0.770. The highest BCUT2D eigenvalue weighted by molar-refractivity contribution is 9.10. The maximum atomic E-state index is 12.6. The van der Waals surface area contributed by atoms with Crippen LogP contribution in [-0.4, -0.2) is 23.9 Å². The molecule has 21 heavy (non-hydrogen) atoms. The van der Waals surface area contributed by atoms with E-state index in [1.807, 2.05) is 17.0 Å². The first kappa shape index (κ1) is 14.9. The second kappa shape index (κ2) is 5.99. The molecule has 1 spiro atoms. The van der Waals surface area contributed by atoms with Crippen LogP contribution in [0.1, 0.15) is 55.3 Å². The first-order valence-electron chi connectivity index (χ1n) is 7.94. The second-order valence-electron chi connectivity index (χ2n) is 6.59. The van der Waals surface area contributed by atoms with Crippen molar-refractivity contribution >= 4 is 27.5 Å². The van der Waals surface area contributed by atoms with Gasteiger partial charge in [-0.1, -0.05) is 19.3 Å². The van der Waals surface area contributed by atoms with E-state index >= 15 is 0 Å². The van der Waals surface area contributed by atoms with Crippen molar-refractivity contribution in [3.8, 4) is 0 Å². The zero-order chi connectivity index (χ0) is 14.9. The van der Waals surface area contributed by atoms with E-state index in [4.69, 9.17) is 5.73 Å². The summed E-state index contributed by atoms with van der Waals surface area (Å²) in [5.74, 6) is 0.125. The summed E-state index contributed by atoms with van der Waals surface area (Å²) in [6, 6.07) is 5.49. The van der Waals surface area contributed by atoms with Gasteiger partial charge in [-0.2, -0.15) is 0 Å². The number of carbonyl (C=O) groups excluding carboxylic acids is 1. The molecule has 114 valence electrons. The van der Waals surface area contributed by atoms with E-state index in [-0.39, 0.29) is 5.91 Å². The summed E-state index contributed by atoms with van der Waals surface area (Å²) in [4.78, 5) is 14.6. The number of likely N-dealkylation sites (tertiary alicyclic amines) is 1. The number of nitrogens with zero attached hydrogens (tertiary/aromatic N) is 1. The molecule has 2 fully saturated rings. The largest absolute Gasteiger partial charge is 0.398 e. The van der Waals surface area contributed by atoms with E-state index in [0.29, 0.717) is 16.7 Å². The lowest BCUT2D eigenvalue weighted by molar-refractivity contribution is 0.0472. The standard InChI is InChI=1S/C17H23BrN2O/c18-14-5-4-13(12-15(14)19)16(21)20-10-8-17(9-11-20)6-2-1-3-7-17/h4-5,12H,1-3,6-11,19H2. The van der Waals surface area contributed by atoms with Crippen molar-refractivity contribution in [3.05, 3.63) is 28.2 Å². The van der Waals surface area contributed by atoms with Crippen LogP contribution in [0.5, 0.6) is 0 Å². The summed E-state index contributed by atoms with van der Waals surface area (Å²) in [6.07, 6.45) is 9.20. The summed E-state index contributed by atoms with van der Waals surface area (Å²) in [6.45, 7) is 1.80. The molecule has 1 aromatic rings. The Balaban J connectivity index is 1.65. The van der Waals surface area contributed by atoms with Crippen LogP contribution in [0.2, 0.25) is 0 Å². The summed E-state index contributed by atoms with van der Waals surface area (Å²) >= 11 is 3.37. The summed E-state index contributed by atoms with van der Waals surface area (Å²) in [7, 11) is 0. The number of amides is 1. The van der Waals surface area contributed by atoms with E-state index < -0.39 is 0 Å². The Morgan fingerprint density at radius 2 is 1.76 bits per heavy atom. The number of carbonyl (C=O) groups is 1.